The highest BCUT2D eigenvalue weighted by molar-refractivity contribution is 8.00. The van der Waals surface area contributed by atoms with Crippen molar-refractivity contribution < 1.29 is 29.0 Å². The maximum Gasteiger partial charge on any atom is 0.408 e. The molecular formula is C41H47N3O6S2. The minimum absolute atomic E-state index is 0.0604. The molecule has 0 saturated carbocycles. The zero-order chi connectivity index (χ0) is 37.9. The SMILES string of the molecule is CC(C)(C)OC(=O)N[C@H](CSC(c1ccccc1)(c1ccccc1)c1ccccc1)C(=O)N[C@@H](Cc1ccccc1)C(=O)N[C@@H](C(=O)O)C(C)(C)S. The van der Waals surface area contributed by atoms with Crippen LogP contribution in [0, 0.1) is 0 Å². The molecule has 0 bridgehead atoms. The topological polar surface area (TPSA) is 134 Å². The molecule has 3 atom stereocenters. The lowest BCUT2D eigenvalue weighted by molar-refractivity contribution is -0.143. The Labute approximate surface area is 315 Å². The van der Waals surface area contributed by atoms with Gasteiger partial charge in [-0.3, -0.25) is 9.59 Å². The van der Waals surface area contributed by atoms with Gasteiger partial charge in [0.25, 0.3) is 0 Å². The predicted octanol–water partition coefficient (Wildman–Crippen LogP) is 6.61. The maximum atomic E-state index is 14.4. The Bertz CT molecular complexity index is 1680. The number of amides is 3. The van der Waals surface area contributed by atoms with E-state index >= 15 is 0 Å². The summed E-state index contributed by atoms with van der Waals surface area (Å²) in [5.41, 5.74) is 2.78. The molecule has 3 amide bonds. The normalized spacial score (nSPS) is 13.6. The summed E-state index contributed by atoms with van der Waals surface area (Å²) in [5, 5.41) is 18.1. The van der Waals surface area contributed by atoms with E-state index < -0.39 is 57.1 Å². The van der Waals surface area contributed by atoms with Crippen LogP contribution in [0.2, 0.25) is 0 Å². The summed E-state index contributed by atoms with van der Waals surface area (Å²) in [4.78, 5) is 53.6. The lowest BCUT2D eigenvalue weighted by Crippen LogP contribution is -2.59. The van der Waals surface area contributed by atoms with Crippen LogP contribution in [0.4, 0.5) is 4.79 Å². The van der Waals surface area contributed by atoms with Gasteiger partial charge < -0.3 is 25.8 Å². The molecule has 0 heterocycles. The predicted molar refractivity (Wildman–Crippen MR) is 210 cm³/mol. The molecule has 0 aromatic heterocycles. The number of aliphatic carboxylic acids is 1. The summed E-state index contributed by atoms with van der Waals surface area (Å²) in [5.74, 6) is -2.56. The Hall–Kier alpha value is -4.74. The van der Waals surface area contributed by atoms with Crippen LogP contribution in [0.1, 0.15) is 56.9 Å². The van der Waals surface area contributed by atoms with Crippen LogP contribution < -0.4 is 16.0 Å². The molecule has 0 aliphatic heterocycles. The van der Waals surface area contributed by atoms with Crippen LogP contribution in [0.5, 0.6) is 0 Å². The summed E-state index contributed by atoms with van der Waals surface area (Å²) in [6, 6.07) is 35.1. The minimum Gasteiger partial charge on any atom is -0.480 e. The van der Waals surface area contributed by atoms with E-state index in [-0.39, 0.29) is 12.2 Å². The van der Waals surface area contributed by atoms with Gasteiger partial charge in [0.2, 0.25) is 11.8 Å². The molecule has 11 heteroatoms. The highest BCUT2D eigenvalue weighted by Crippen LogP contribution is 2.48. The van der Waals surface area contributed by atoms with Crippen molar-refractivity contribution in [2.45, 2.75) is 74.3 Å². The van der Waals surface area contributed by atoms with Crippen molar-refractivity contribution in [2.24, 2.45) is 0 Å². The van der Waals surface area contributed by atoms with Gasteiger partial charge in [-0.1, -0.05) is 121 Å². The van der Waals surface area contributed by atoms with E-state index in [9.17, 15) is 24.3 Å². The quantitative estimate of drug-likeness (QED) is 0.0684. The number of carbonyl (C=O) groups is 4. The van der Waals surface area contributed by atoms with Gasteiger partial charge >= 0.3 is 12.1 Å². The third-order valence-electron chi connectivity index (χ3n) is 8.17. The number of carboxylic acids is 1. The van der Waals surface area contributed by atoms with Crippen molar-refractivity contribution in [3.8, 4) is 0 Å². The second-order valence-electron chi connectivity index (χ2n) is 14.0. The van der Waals surface area contributed by atoms with Gasteiger partial charge in [0.05, 0.1) is 4.75 Å². The van der Waals surface area contributed by atoms with Crippen LogP contribution in [-0.2, 0) is 30.3 Å². The lowest BCUT2D eigenvalue weighted by Gasteiger charge is -2.36. The molecule has 4 rings (SSSR count). The van der Waals surface area contributed by atoms with Gasteiger partial charge in [-0.15, -0.1) is 11.8 Å². The summed E-state index contributed by atoms with van der Waals surface area (Å²) in [6.45, 7) is 8.34. The molecule has 0 saturated heterocycles. The summed E-state index contributed by atoms with van der Waals surface area (Å²) in [7, 11) is 0. The zero-order valence-electron chi connectivity index (χ0n) is 30.0. The fourth-order valence-corrected chi connectivity index (χ4v) is 7.46. The molecule has 0 aliphatic rings. The number of hydrogen-bond donors (Lipinski definition) is 5. The number of nitrogens with one attached hydrogen (secondary N) is 3. The summed E-state index contributed by atoms with van der Waals surface area (Å²) < 4.78 is 3.65. The number of thioether (sulfide) groups is 1. The lowest BCUT2D eigenvalue weighted by atomic mass is 9.84. The van der Waals surface area contributed by atoms with Crippen LogP contribution >= 0.6 is 24.4 Å². The fraction of sp³-hybridized carbons (Fsp3) is 0.317. The second-order valence-corrected chi connectivity index (χ2v) is 16.4. The van der Waals surface area contributed by atoms with Crippen molar-refractivity contribution in [2.75, 3.05) is 5.75 Å². The van der Waals surface area contributed by atoms with E-state index in [1.807, 2.05) is 121 Å². The van der Waals surface area contributed by atoms with Crippen LogP contribution in [0.15, 0.2) is 121 Å². The van der Waals surface area contributed by atoms with Crippen molar-refractivity contribution in [1.82, 2.24) is 16.0 Å². The van der Waals surface area contributed by atoms with E-state index in [0.717, 1.165) is 22.3 Å². The number of benzene rings is 4. The van der Waals surface area contributed by atoms with E-state index in [0.29, 0.717) is 0 Å². The zero-order valence-corrected chi connectivity index (χ0v) is 31.7. The third-order valence-corrected chi connectivity index (χ3v) is 10.1. The largest absolute Gasteiger partial charge is 0.480 e. The molecule has 0 aliphatic carbocycles. The van der Waals surface area contributed by atoms with Gasteiger partial charge in [0.1, 0.15) is 23.7 Å². The number of ether oxygens (including phenoxy) is 1. The van der Waals surface area contributed by atoms with Gasteiger partial charge in [-0.05, 0) is 56.9 Å². The number of rotatable bonds is 15. The molecule has 4 aromatic carbocycles. The number of carbonyl (C=O) groups excluding carboxylic acids is 3. The first-order chi connectivity index (χ1) is 24.6. The first-order valence-corrected chi connectivity index (χ1v) is 18.4. The van der Waals surface area contributed by atoms with Crippen molar-refractivity contribution in [1.29, 1.82) is 0 Å². The molecule has 0 unspecified atom stereocenters. The number of hydrogen-bond acceptors (Lipinski definition) is 7. The molecule has 9 nitrogen and oxygen atoms in total. The van der Waals surface area contributed by atoms with E-state index in [2.05, 4.69) is 28.6 Å². The number of carboxylic acid groups (broad SMARTS) is 1. The highest BCUT2D eigenvalue weighted by Gasteiger charge is 2.40. The maximum absolute atomic E-state index is 14.4. The van der Waals surface area contributed by atoms with Crippen molar-refractivity contribution in [3.63, 3.8) is 0 Å². The highest BCUT2D eigenvalue weighted by atomic mass is 32.2. The van der Waals surface area contributed by atoms with Gasteiger partial charge in [-0.2, -0.15) is 12.6 Å². The first kappa shape index (κ1) is 40.0. The van der Waals surface area contributed by atoms with E-state index in [1.165, 1.54) is 11.8 Å². The Morgan fingerprint density at radius 3 is 1.48 bits per heavy atom. The van der Waals surface area contributed by atoms with Gasteiger partial charge in [-0.25, -0.2) is 9.59 Å². The van der Waals surface area contributed by atoms with Crippen molar-refractivity contribution >= 4 is 48.3 Å². The third kappa shape index (κ3) is 10.9. The monoisotopic (exact) mass is 741 g/mol. The van der Waals surface area contributed by atoms with E-state index in [1.54, 1.807) is 34.6 Å². The molecular weight excluding hydrogens is 695 g/mol. The molecule has 0 radical (unpaired) electrons. The van der Waals surface area contributed by atoms with Crippen molar-refractivity contribution in [3.05, 3.63) is 144 Å². The fourth-order valence-electron chi connectivity index (χ4n) is 5.72. The van der Waals surface area contributed by atoms with Crippen LogP contribution in [-0.4, -0.2) is 63.2 Å². The Balaban J connectivity index is 1.75. The standard InChI is InChI=1S/C41H47N3O6S2/c1-39(2,3)50-38(49)43-33(36(46)42-32(26-28-18-10-6-11-19-28)35(45)44-34(37(47)48)40(4,5)51)27-52-41(29-20-12-7-13-21-29,30-22-14-8-15-23-30)31-24-16-9-17-25-31/h6-25,32-34,51H,26-27H2,1-5H3,(H,42,46)(H,43,49)(H,44,45)(H,47,48)/t32-,33+,34-/m0/s1. The average molecular weight is 742 g/mol. The van der Waals surface area contributed by atoms with E-state index in [4.69, 9.17) is 4.74 Å². The summed E-state index contributed by atoms with van der Waals surface area (Å²) >= 11 is 5.87. The minimum atomic E-state index is -1.35. The number of thiol groups is 1. The van der Waals surface area contributed by atoms with Crippen LogP contribution in [0.25, 0.3) is 0 Å². The first-order valence-electron chi connectivity index (χ1n) is 17.0. The average Bonchev–Trinajstić information content (AvgIpc) is 3.10. The van der Waals surface area contributed by atoms with Gasteiger partial charge in [0, 0.05) is 16.9 Å². The number of alkyl carbamates (subject to hydrolysis) is 1. The molecule has 0 spiro atoms. The molecule has 274 valence electrons. The van der Waals surface area contributed by atoms with Crippen LogP contribution in [0.3, 0.4) is 0 Å². The molecule has 4 N–H and O–H groups in total. The molecule has 0 fully saturated rings. The second kappa shape index (κ2) is 17.7. The Kier molecular flexibility index (Phi) is 13.6. The Morgan fingerprint density at radius 2 is 1.08 bits per heavy atom. The van der Waals surface area contributed by atoms with Gasteiger partial charge in [0.15, 0.2) is 0 Å². The molecule has 4 aromatic rings. The summed E-state index contributed by atoms with van der Waals surface area (Å²) in [6.07, 6.45) is -0.740. The molecule has 52 heavy (non-hydrogen) atoms. The smallest absolute Gasteiger partial charge is 0.408 e. The Morgan fingerprint density at radius 1 is 0.654 bits per heavy atom.